The Morgan fingerprint density at radius 1 is 1.00 bits per heavy atom. The number of nitrogens with zero attached hydrogens (tertiary/aromatic N) is 1. The van der Waals surface area contributed by atoms with Crippen LogP contribution in [0.1, 0.15) is 71.6 Å². The number of rotatable bonds is 16. The van der Waals surface area contributed by atoms with Crippen molar-refractivity contribution in [3.05, 3.63) is 0 Å². The van der Waals surface area contributed by atoms with Crippen LogP contribution in [0.5, 0.6) is 0 Å². The average Bonchev–Trinajstić information content (AvgIpc) is 2.79. The topological polar surface area (TPSA) is 165 Å². The SMILES string of the molecule is CCCC[C@H](NC(=O)[C@H](CC(=O)O)NC(=O)CN(CC)C(=O)CCCC1CCNCC1)C(=O)O. The van der Waals surface area contributed by atoms with Gasteiger partial charge in [-0.1, -0.05) is 19.8 Å². The molecule has 194 valence electrons. The quantitative estimate of drug-likeness (QED) is 0.214. The molecule has 0 aromatic carbocycles. The van der Waals surface area contributed by atoms with Crippen molar-refractivity contribution in [2.24, 2.45) is 5.92 Å². The smallest absolute Gasteiger partial charge is 0.326 e. The minimum atomic E-state index is -1.44. The van der Waals surface area contributed by atoms with Gasteiger partial charge in [0.1, 0.15) is 12.1 Å². The summed E-state index contributed by atoms with van der Waals surface area (Å²) in [6, 6.07) is -2.61. The molecule has 0 bridgehead atoms. The summed E-state index contributed by atoms with van der Waals surface area (Å²) >= 11 is 0. The zero-order chi connectivity index (χ0) is 25.5. The van der Waals surface area contributed by atoms with Gasteiger partial charge in [0.05, 0.1) is 13.0 Å². The molecule has 0 unspecified atom stereocenters. The number of amides is 3. The van der Waals surface area contributed by atoms with Gasteiger partial charge in [-0.15, -0.1) is 0 Å². The largest absolute Gasteiger partial charge is 0.481 e. The lowest BCUT2D eigenvalue weighted by molar-refractivity contribution is -0.144. The third kappa shape index (κ3) is 11.4. The van der Waals surface area contributed by atoms with E-state index in [9.17, 15) is 29.1 Å². The van der Waals surface area contributed by atoms with Gasteiger partial charge in [-0.3, -0.25) is 19.2 Å². The highest BCUT2D eigenvalue weighted by molar-refractivity contribution is 5.94. The monoisotopic (exact) mass is 484 g/mol. The van der Waals surface area contributed by atoms with Crippen LogP contribution < -0.4 is 16.0 Å². The van der Waals surface area contributed by atoms with Crippen molar-refractivity contribution in [3.8, 4) is 0 Å². The van der Waals surface area contributed by atoms with E-state index in [0.29, 0.717) is 25.3 Å². The molecule has 1 aliphatic heterocycles. The van der Waals surface area contributed by atoms with Crippen molar-refractivity contribution in [2.75, 3.05) is 26.2 Å². The van der Waals surface area contributed by atoms with Crippen LogP contribution in [0.15, 0.2) is 0 Å². The van der Waals surface area contributed by atoms with Crippen molar-refractivity contribution in [1.29, 1.82) is 0 Å². The molecule has 11 heteroatoms. The van der Waals surface area contributed by atoms with Gasteiger partial charge in [0.2, 0.25) is 17.7 Å². The molecule has 0 radical (unpaired) electrons. The second kappa shape index (κ2) is 16.0. The lowest BCUT2D eigenvalue weighted by atomic mass is 9.92. The van der Waals surface area contributed by atoms with Crippen LogP contribution in [-0.2, 0) is 24.0 Å². The van der Waals surface area contributed by atoms with Crippen LogP contribution in [0.25, 0.3) is 0 Å². The normalized spacial score (nSPS) is 15.7. The molecule has 0 aromatic heterocycles. The van der Waals surface area contributed by atoms with Crippen molar-refractivity contribution in [1.82, 2.24) is 20.9 Å². The van der Waals surface area contributed by atoms with E-state index >= 15 is 0 Å². The Morgan fingerprint density at radius 3 is 2.24 bits per heavy atom. The minimum absolute atomic E-state index is 0.170. The van der Waals surface area contributed by atoms with E-state index in [1.807, 2.05) is 6.92 Å². The number of carbonyl (C=O) groups is 5. The summed E-state index contributed by atoms with van der Waals surface area (Å²) in [4.78, 5) is 61.6. The zero-order valence-electron chi connectivity index (χ0n) is 20.3. The van der Waals surface area contributed by atoms with Crippen LogP contribution in [0.2, 0.25) is 0 Å². The van der Waals surface area contributed by atoms with E-state index in [1.54, 1.807) is 6.92 Å². The summed E-state index contributed by atoms with van der Waals surface area (Å²) in [5, 5.41) is 26.4. The van der Waals surface area contributed by atoms with Gasteiger partial charge in [0, 0.05) is 13.0 Å². The molecule has 0 aromatic rings. The second-order valence-corrected chi connectivity index (χ2v) is 8.75. The molecule has 1 fully saturated rings. The van der Waals surface area contributed by atoms with Crippen LogP contribution in [0, 0.1) is 5.92 Å². The standard InChI is InChI=1S/C23H40N4O7/c1-3-5-8-17(23(33)34)26-22(32)18(14-21(30)31)25-19(28)15-27(4-2)20(29)9-6-7-16-10-12-24-13-11-16/h16-18,24H,3-15H2,1-2H3,(H,25,28)(H,26,32)(H,30,31)(H,33,34)/t17-,18-/m0/s1. The Kier molecular flexibility index (Phi) is 13.8. The Labute approximate surface area is 201 Å². The van der Waals surface area contributed by atoms with Gasteiger partial charge < -0.3 is 31.1 Å². The van der Waals surface area contributed by atoms with Gasteiger partial charge in [-0.2, -0.15) is 0 Å². The number of hydrogen-bond acceptors (Lipinski definition) is 6. The molecule has 0 saturated carbocycles. The highest BCUT2D eigenvalue weighted by Crippen LogP contribution is 2.19. The number of likely N-dealkylation sites (N-methyl/N-ethyl adjacent to an activating group) is 1. The summed E-state index contributed by atoms with van der Waals surface area (Å²) in [5.74, 6) is -3.66. The van der Waals surface area contributed by atoms with Crippen molar-refractivity contribution < 1.29 is 34.2 Å². The molecular weight excluding hydrogens is 444 g/mol. The molecule has 1 rings (SSSR count). The molecule has 2 atom stereocenters. The van der Waals surface area contributed by atoms with E-state index in [1.165, 1.54) is 4.90 Å². The Balaban J connectivity index is 2.62. The summed E-state index contributed by atoms with van der Waals surface area (Å²) in [7, 11) is 0. The van der Waals surface area contributed by atoms with E-state index in [4.69, 9.17) is 5.11 Å². The van der Waals surface area contributed by atoms with Gasteiger partial charge in [-0.25, -0.2) is 4.79 Å². The molecule has 11 nitrogen and oxygen atoms in total. The van der Waals surface area contributed by atoms with Crippen molar-refractivity contribution in [3.63, 3.8) is 0 Å². The third-order valence-corrected chi connectivity index (χ3v) is 6.02. The van der Waals surface area contributed by atoms with Gasteiger partial charge in [-0.05, 0) is 58.0 Å². The molecule has 0 spiro atoms. The number of carboxylic acids is 2. The molecule has 1 aliphatic rings. The van der Waals surface area contributed by atoms with E-state index < -0.39 is 42.3 Å². The number of piperidine rings is 1. The molecule has 1 heterocycles. The molecule has 3 amide bonds. The number of nitrogens with one attached hydrogen (secondary N) is 3. The van der Waals surface area contributed by atoms with E-state index in [2.05, 4.69) is 16.0 Å². The Bertz CT molecular complexity index is 695. The van der Waals surface area contributed by atoms with Gasteiger partial charge in [0.25, 0.3) is 0 Å². The second-order valence-electron chi connectivity index (χ2n) is 8.75. The molecule has 0 aliphatic carbocycles. The molecular formula is C23H40N4O7. The maximum atomic E-state index is 12.6. The molecule has 1 saturated heterocycles. The number of carbonyl (C=O) groups excluding carboxylic acids is 3. The average molecular weight is 485 g/mol. The van der Waals surface area contributed by atoms with E-state index in [0.717, 1.165) is 45.2 Å². The zero-order valence-corrected chi connectivity index (χ0v) is 20.3. The van der Waals surface area contributed by atoms with Crippen molar-refractivity contribution >= 4 is 29.7 Å². The fourth-order valence-corrected chi connectivity index (χ4v) is 3.98. The summed E-state index contributed by atoms with van der Waals surface area (Å²) in [6.45, 7) is 5.61. The predicted molar refractivity (Wildman–Crippen MR) is 125 cm³/mol. The first-order chi connectivity index (χ1) is 16.2. The van der Waals surface area contributed by atoms with Gasteiger partial charge >= 0.3 is 11.9 Å². The lowest BCUT2D eigenvalue weighted by Crippen LogP contribution is -2.54. The molecule has 5 N–H and O–H groups in total. The van der Waals surface area contributed by atoms with E-state index in [-0.39, 0.29) is 18.9 Å². The first-order valence-corrected chi connectivity index (χ1v) is 12.2. The minimum Gasteiger partial charge on any atom is -0.481 e. The maximum Gasteiger partial charge on any atom is 0.326 e. The highest BCUT2D eigenvalue weighted by Gasteiger charge is 2.29. The van der Waals surface area contributed by atoms with Crippen LogP contribution in [0.4, 0.5) is 0 Å². The number of carboxylic acid groups (broad SMARTS) is 2. The lowest BCUT2D eigenvalue weighted by Gasteiger charge is -2.25. The number of aliphatic carboxylic acids is 2. The first kappa shape index (κ1) is 29.3. The molecule has 34 heavy (non-hydrogen) atoms. The van der Waals surface area contributed by atoms with Crippen molar-refractivity contribution in [2.45, 2.75) is 83.7 Å². The van der Waals surface area contributed by atoms with Crippen LogP contribution in [0.3, 0.4) is 0 Å². The highest BCUT2D eigenvalue weighted by atomic mass is 16.4. The third-order valence-electron chi connectivity index (χ3n) is 6.02. The van der Waals surface area contributed by atoms with Crippen LogP contribution >= 0.6 is 0 Å². The Morgan fingerprint density at radius 2 is 1.68 bits per heavy atom. The fraction of sp³-hybridized carbons (Fsp3) is 0.783. The number of unbranched alkanes of at least 4 members (excludes halogenated alkanes) is 1. The summed E-state index contributed by atoms with van der Waals surface area (Å²) in [6.07, 6.45) is 5.01. The first-order valence-electron chi connectivity index (χ1n) is 12.2. The van der Waals surface area contributed by atoms with Gasteiger partial charge in [0.15, 0.2) is 0 Å². The Hall–Kier alpha value is -2.69. The fourth-order valence-electron chi connectivity index (χ4n) is 3.98. The predicted octanol–water partition coefficient (Wildman–Crippen LogP) is 0.724. The maximum absolute atomic E-state index is 12.6. The summed E-state index contributed by atoms with van der Waals surface area (Å²) in [5.41, 5.74) is 0. The summed E-state index contributed by atoms with van der Waals surface area (Å²) < 4.78 is 0. The van der Waals surface area contributed by atoms with Crippen LogP contribution in [-0.4, -0.2) is 83.0 Å². The number of hydrogen-bond donors (Lipinski definition) is 5.